The molecule has 0 saturated heterocycles. The van der Waals surface area contributed by atoms with Gasteiger partial charge in [0, 0.05) is 11.4 Å². The molecule has 0 aliphatic rings. The molecule has 0 spiro atoms. The Morgan fingerprint density at radius 1 is 1.32 bits per heavy atom. The molecule has 0 aliphatic heterocycles. The molecular formula is C14H14BrNO4S2. The van der Waals surface area contributed by atoms with Crippen molar-refractivity contribution >= 4 is 43.3 Å². The quantitative estimate of drug-likeness (QED) is 0.752. The normalized spacial score (nSPS) is 11.4. The number of nitrogens with one attached hydrogen (secondary N) is 1. The third kappa shape index (κ3) is 4.39. The van der Waals surface area contributed by atoms with Gasteiger partial charge in [-0.2, -0.15) is 0 Å². The zero-order valence-electron chi connectivity index (χ0n) is 11.7. The first-order valence-electron chi connectivity index (χ1n) is 6.34. The molecule has 1 aromatic heterocycles. The first-order chi connectivity index (χ1) is 10.4. The van der Waals surface area contributed by atoms with Gasteiger partial charge in [-0.1, -0.05) is 6.07 Å². The van der Waals surface area contributed by atoms with E-state index in [2.05, 4.69) is 25.4 Å². The SMILES string of the molecule is COC(=O)c1cccc(S(=O)(=O)NCCc2ccc(Br)s2)c1. The predicted molar refractivity (Wildman–Crippen MR) is 88.7 cm³/mol. The number of esters is 1. The molecule has 2 rings (SSSR count). The van der Waals surface area contributed by atoms with Gasteiger partial charge >= 0.3 is 5.97 Å². The maximum Gasteiger partial charge on any atom is 0.337 e. The number of ether oxygens (including phenoxy) is 1. The van der Waals surface area contributed by atoms with E-state index >= 15 is 0 Å². The molecule has 0 fully saturated rings. The van der Waals surface area contributed by atoms with E-state index < -0.39 is 16.0 Å². The Balaban J connectivity index is 2.05. The van der Waals surface area contributed by atoms with E-state index in [1.807, 2.05) is 12.1 Å². The van der Waals surface area contributed by atoms with Crippen LogP contribution in [0.1, 0.15) is 15.2 Å². The Bertz CT molecular complexity index is 771. The van der Waals surface area contributed by atoms with Gasteiger partial charge in [0.15, 0.2) is 0 Å². The monoisotopic (exact) mass is 403 g/mol. The Kier molecular flexibility index (Phi) is 5.74. The van der Waals surface area contributed by atoms with Crippen molar-refractivity contribution in [3.63, 3.8) is 0 Å². The van der Waals surface area contributed by atoms with E-state index in [0.29, 0.717) is 6.42 Å². The lowest BCUT2D eigenvalue weighted by molar-refractivity contribution is 0.0600. The van der Waals surface area contributed by atoms with Gasteiger partial charge in [-0.3, -0.25) is 0 Å². The highest BCUT2D eigenvalue weighted by Crippen LogP contribution is 2.22. The summed E-state index contributed by atoms with van der Waals surface area (Å²) in [6.07, 6.45) is 0.603. The molecule has 0 radical (unpaired) electrons. The summed E-state index contributed by atoms with van der Waals surface area (Å²) in [7, 11) is -2.40. The molecule has 5 nitrogen and oxygen atoms in total. The number of thiophene rings is 1. The van der Waals surface area contributed by atoms with Crippen LogP contribution in [0.4, 0.5) is 0 Å². The zero-order chi connectivity index (χ0) is 16.2. The minimum absolute atomic E-state index is 0.0442. The van der Waals surface area contributed by atoms with Gasteiger partial charge in [0.1, 0.15) is 0 Å². The van der Waals surface area contributed by atoms with Crippen molar-refractivity contribution < 1.29 is 17.9 Å². The first-order valence-corrected chi connectivity index (χ1v) is 9.44. The highest BCUT2D eigenvalue weighted by Gasteiger charge is 2.16. The largest absolute Gasteiger partial charge is 0.465 e. The molecule has 0 aliphatic carbocycles. The van der Waals surface area contributed by atoms with Crippen LogP contribution in [-0.4, -0.2) is 28.0 Å². The van der Waals surface area contributed by atoms with Crippen LogP contribution in [0.2, 0.25) is 0 Å². The molecule has 1 heterocycles. The number of rotatable bonds is 6. The van der Waals surface area contributed by atoms with Crippen LogP contribution in [0, 0.1) is 0 Å². The highest BCUT2D eigenvalue weighted by atomic mass is 79.9. The van der Waals surface area contributed by atoms with Crippen molar-refractivity contribution in [3.05, 3.63) is 50.6 Å². The number of hydrogen-bond donors (Lipinski definition) is 1. The van der Waals surface area contributed by atoms with Gasteiger partial charge < -0.3 is 4.74 Å². The smallest absolute Gasteiger partial charge is 0.337 e. The van der Waals surface area contributed by atoms with Crippen molar-refractivity contribution in [2.75, 3.05) is 13.7 Å². The lowest BCUT2D eigenvalue weighted by Crippen LogP contribution is -2.26. The Morgan fingerprint density at radius 2 is 2.09 bits per heavy atom. The van der Waals surface area contributed by atoms with E-state index in [-0.39, 0.29) is 17.0 Å². The van der Waals surface area contributed by atoms with Gasteiger partial charge in [-0.05, 0) is 52.7 Å². The lowest BCUT2D eigenvalue weighted by atomic mass is 10.2. The van der Waals surface area contributed by atoms with Crippen molar-refractivity contribution in [2.45, 2.75) is 11.3 Å². The average molecular weight is 404 g/mol. The Morgan fingerprint density at radius 3 is 2.73 bits per heavy atom. The molecule has 0 bridgehead atoms. The van der Waals surface area contributed by atoms with Gasteiger partial charge in [0.05, 0.1) is 21.4 Å². The fourth-order valence-corrected chi connectivity index (χ4v) is 4.35. The number of sulfonamides is 1. The fraction of sp³-hybridized carbons (Fsp3) is 0.214. The van der Waals surface area contributed by atoms with Crippen LogP contribution in [0.5, 0.6) is 0 Å². The summed E-state index contributed by atoms with van der Waals surface area (Å²) in [4.78, 5) is 12.6. The molecule has 8 heteroatoms. The first kappa shape index (κ1) is 17.1. The molecule has 118 valence electrons. The van der Waals surface area contributed by atoms with Crippen LogP contribution < -0.4 is 4.72 Å². The summed E-state index contributed by atoms with van der Waals surface area (Å²) >= 11 is 4.93. The number of hydrogen-bond acceptors (Lipinski definition) is 5. The molecular weight excluding hydrogens is 390 g/mol. The van der Waals surface area contributed by atoms with Crippen LogP contribution in [0.25, 0.3) is 0 Å². The topological polar surface area (TPSA) is 72.5 Å². The Hall–Kier alpha value is -1.22. The third-order valence-electron chi connectivity index (χ3n) is 2.86. The Labute approximate surface area is 141 Å². The lowest BCUT2D eigenvalue weighted by Gasteiger charge is -2.07. The van der Waals surface area contributed by atoms with E-state index in [1.165, 1.54) is 31.4 Å². The highest BCUT2D eigenvalue weighted by molar-refractivity contribution is 9.11. The molecule has 1 aromatic carbocycles. The van der Waals surface area contributed by atoms with E-state index in [1.54, 1.807) is 11.3 Å². The van der Waals surface area contributed by atoms with Gasteiger partial charge in [-0.25, -0.2) is 17.9 Å². The minimum atomic E-state index is -3.65. The van der Waals surface area contributed by atoms with Crippen LogP contribution in [0.3, 0.4) is 0 Å². The summed E-state index contributed by atoms with van der Waals surface area (Å²) in [5.41, 5.74) is 0.201. The van der Waals surface area contributed by atoms with Gasteiger partial charge in [0.25, 0.3) is 0 Å². The molecule has 1 N–H and O–H groups in total. The van der Waals surface area contributed by atoms with Crippen molar-refractivity contribution in [2.24, 2.45) is 0 Å². The van der Waals surface area contributed by atoms with Crippen molar-refractivity contribution in [1.82, 2.24) is 4.72 Å². The molecule has 0 atom stereocenters. The van der Waals surface area contributed by atoms with Gasteiger partial charge in [-0.15, -0.1) is 11.3 Å². The number of carbonyl (C=O) groups is 1. The molecule has 0 unspecified atom stereocenters. The maximum atomic E-state index is 12.2. The van der Waals surface area contributed by atoms with Gasteiger partial charge in [0.2, 0.25) is 10.0 Å². The standard InChI is InChI=1S/C14H14BrNO4S2/c1-20-14(17)10-3-2-4-12(9-10)22(18,19)16-8-7-11-5-6-13(15)21-11/h2-6,9,16H,7-8H2,1H3. The van der Waals surface area contributed by atoms with E-state index in [9.17, 15) is 13.2 Å². The third-order valence-corrected chi connectivity index (χ3v) is 6.00. The minimum Gasteiger partial charge on any atom is -0.465 e. The summed E-state index contributed by atoms with van der Waals surface area (Å²) in [6, 6.07) is 9.63. The second kappa shape index (κ2) is 7.36. The number of methoxy groups -OCH3 is 1. The second-order valence-corrected chi connectivity index (χ2v) is 8.69. The van der Waals surface area contributed by atoms with E-state index in [4.69, 9.17) is 0 Å². The van der Waals surface area contributed by atoms with Crippen LogP contribution >= 0.6 is 27.3 Å². The van der Waals surface area contributed by atoms with Crippen LogP contribution in [-0.2, 0) is 21.2 Å². The van der Waals surface area contributed by atoms with Crippen molar-refractivity contribution in [1.29, 1.82) is 0 Å². The molecule has 22 heavy (non-hydrogen) atoms. The molecule has 0 saturated carbocycles. The number of carbonyl (C=O) groups excluding carboxylic acids is 1. The fourth-order valence-electron chi connectivity index (χ4n) is 1.79. The molecule has 0 amide bonds. The second-order valence-electron chi connectivity index (χ2n) is 4.37. The van der Waals surface area contributed by atoms with Crippen molar-refractivity contribution in [3.8, 4) is 0 Å². The summed E-state index contributed by atoms with van der Waals surface area (Å²) in [5.74, 6) is -0.569. The summed E-state index contributed by atoms with van der Waals surface area (Å²) in [5, 5.41) is 0. The van der Waals surface area contributed by atoms with E-state index in [0.717, 1.165) is 8.66 Å². The van der Waals surface area contributed by atoms with Crippen LogP contribution in [0.15, 0.2) is 45.1 Å². The number of benzene rings is 1. The maximum absolute atomic E-state index is 12.2. The molecule has 2 aromatic rings. The average Bonchev–Trinajstić information content (AvgIpc) is 2.92. The predicted octanol–water partition coefficient (Wildman–Crippen LogP) is 2.82. The zero-order valence-corrected chi connectivity index (χ0v) is 14.9. The summed E-state index contributed by atoms with van der Waals surface area (Å²) < 4.78 is 32.6. The number of halogens is 1. The summed E-state index contributed by atoms with van der Waals surface area (Å²) in [6.45, 7) is 0.289.